The van der Waals surface area contributed by atoms with Gasteiger partial charge < -0.3 is 9.47 Å². The summed E-state index contributed by atoms with van der Waals surface area (Å²) in [5, 5.41) is 0. The summed E-state index contributed by atoms with van der Waals surface area (Å²) in [5.41, 5.74) is 3.15. The van der Waals surface area contributed by atoms with Crippen molar-refractivity contribution in [2.45, 2.75) is 91.5 Å². The van der Waals surface area contributed by atoms with Crippen molar-refractivity contribution in [1.29, 1.82) is 0 Å². The van der Waals surface area contributed by atoms with Gasteiger partial charge in [-0.1, -0.05) is 52.3 Å². The first-order valence-corrected chi connectivity index (χ1v) is 12.8. The van der Waals surface area contributed by atoms with Gasteiger partial charge in [0.15, 0.2) is 5.60 Å². The van der Waals surface area contributed by atoms with Crippen LogP contribution in [-0.2, 0) is 19.1 Å². The van der Waals surface area contributed by atoms with Crippen molar-refractivity contribution >= 4 is 11.6 Å². The Labute approximate surface area is 197 Å². The molecule has 33 heavy (non-hydrogen) atoms. The van der Waals surface area contributed by atoms with E-state index < -0.39 is 11.4 Å². The molecule has 6 aliphatic rings. The molecule has 5 aliphatic carbocycles. The highest BCUT2D eigenvalue weighted by Crippen LogP contribution is 2.75. The van der Waals surface area contributed by atoms with Gasteiger partial charge in [0, 0.05) is 24.9 Å². The van der Waals surface area contributed by atoms with E-state index in [0.717, 1.165) is 49.7 Å². The SMILES string of the molecule is COC12OC1(C)C1=CC=C3[C@@](C)(CC[C@@]4(C)C5C[C@@H](C)C(=O)C[C@]5(C)CC[C@]34C)C1=CC2=O. The third kappa shape index (κ3) is 2.22. The van der Waals surface area contributed by atoms with Gasteiger partial charge in [0.2, 0.25) is 5.78 Å². The van der Waals surface area contributed by atoms with Crippen LogP contribution in [0.25, 0.3) is 0 Å². The molecule has 1 heterocycles. The van der Waals surface area contributed by atoms with Crippen molar-refractivity contribution in [2.75, 3.05) is 7.11 Å². The van der Waals surface area contributed by atoms with E-state index in [1.807, 2.05) is 13.0 Å². The Balaban J connectivity index is 1.48. The number of epoxide rings is 1. The zero-order valence-corrected chi connectivity index (χ0v) is 21.3. The Morgan fingerprint density at radius 1 is 0.970 bits per heavy atom. The number of hydrogen-bond donors (Lipinski definition) is 0. The molecule has 4 nitrogen and oxygen atoms in total. The molecule has 0 aromatic carbocycles. The van der Waals surface area contributed by atoms with E-state index in [1.165, 1.54) is 5.57 Å². The predicted octanol–water partition coefficient (Wildman–Crippen LogP) is 5.72. The molecular formula is C29H38O4. The van der Waals surface area contributed by atoms with Gasteiger partial charge in [0.05, 0.1) is 0 Å². The number of hydrogen-bond acceptors (Lipinski definition) is 4. The molecule has 8 atom stereocenters. The molecule has 0 spiro atoms. The minimum atomic E-state index is -1.14. The Morgan fingerprint density at radius 3 is 2.39 bits per heavy atom. The molecule has 0 amide bonds. The Bertz CT molecular complexity index is 1100. The number of fused-ring (bicyclic) bond motifs is 9. The fraction of sp³-hybridized carbons (Fsp3) is 0.724. The third-order valence-electron chi connectivity index (χ3n) is 11.8. The molecule has 4 fully saturated rings. The molecule has 0 bridgehead atoms. The number of rotatable bonds is 1. The van der Waals surface area contributed by atoms with E-state index in [-0.39, 0.29) is 33.4 Å². The molecule has 1 aliphatic heterocycles. The predicted molar refractivity (Wildman–Crippen MR) is 126 cm³/mol. The molecular weight excluding hydrogens is 412 g/mol. The van der Waals surface area contributed by atoms with Crippen LogP contribution in [0.15, 0.2) is 34.9 Å². The lowest BCUT2D eigenvalue weighted by Crippen LogP contribution is -2.62. The second-order valence-corrected chi connectivity index (χ2v) is 13.1. The molecule has 0 N–H and O–H groups in total. The average molecular weight is 451 g/mol. The topological polar surface area (TPSA) is 55.9 Å². The number of carbonyl (C=O) groups excluding carboxylic acids is 2. The van der Waals surface area contributed by atoms with E-state index in [1.54, 1.807) is 7.11 Å². The van der Waals surface area contributed by atoms with Gasteiger partial charge in [0.1, 0.15) is 5.78 Å². The highest BCUT2D eigenvalue weighted by Gasteiger charge is 2.78. The summed E-state index contributed by atoms with van der Waals surface area (Å²) in [6.07, 6.45) is 12.5. The van der Waals surface area contributed by atoms with Crippen LogP contribution in [0.4, 0.5) is 0 Å². The maximum absolute atomic E-state index is 13.2. The van der Waals surface area contributed by atoms with Crippen molar-refractivity contribution in [1.82, 2.24) is 0 Å². The van der Waals surface area contributed by atoms with E-state index in [4.69, 9.17) is 9.47 Å². The second-order valence-electron chi connectivity index (χ2n) is 13.1. The van der Waals surface area contributed by atoms with Gasteiger partial charge in [-0.25, -0.2) is 0 Å². The third-order valence-corrected chi connectivity index (χ3v) is 11.8. The summed E-state index contributed by atoms with van der Waals surface area (Å²) in [4.78, 5) is 25.9. The zero-order chi connectivity index (χ0) is 23.8. The first-order chi connectivity index (χ1) is 15.3. The quantitative estimate of drug-likeness (QED) is 0.479. The van der Waals surface area contributed by atoms with Crippen LogP contribution in [0.3, 0.4) is 0 Å². The first kappa shape index (κ1) is 22.0. The largest absolute Gasteiger partial charge is 0.344 e. The maximum Gasteiger partial charge on any atom is 0.268 e. The molecule has 4 heteroatoms. The number of carbonyl (C=O) groups is 2. The molecule has 6 rings (SSSR count). The molecule has 178 valence electrons. The lowest BCUT2D eigenvalue weighted by Gasteiger charge is -2.69. The van der Waals surface area contributed by atoms with Crippen molar-refractivity contribution < 1.29 is 19.1 Å². The standard InChI is InChI=1S/C29H38O4/c1-17-14-22-24(2,16-20(17)30)10-12-26(4)21-9-8-18-19(25(21,3)11-13-27(22,26)5)15-23(31)29(32-7)28(18,6)33-29/h8-9,15,17,22H,10-14,16H2,1-7H3/t17-,22?,24+,25+,26-,27+,28?,29?/m1/s1. The van der Waals surface area contributed by atoms with Crippen LogP contribution >= 0.6 is 0 Å². The van der Waals surface area contributed by atoms with Crippen molar-refractivity contribution in [3.05, 3.63) is 34.9 Å². The zero-order valence-electron chi connectivity index (χ0n) is 21.3. The molecule has 1 saturated heterocycles. The second kappa shape index (κ2) is 5.99. The molecule has 0 aromatic heterocycles. The summed E-state index contributed by atoms with van der Waals surface area (Å²) in [5.74, 6) is -0.0447. The van der Waals surface area contributed by atoms with Crippen molar-refractivity contribution in [3.8, 4) is 0 Å². The normalized spacial score (nSPS) is 54.6. The minimum Gasteiger partial charge on any atom is -0.344 e. The average Bonchev–Trinajstić information content (AvgIpc) is 3.41. The highest BCUT2D eigenvalue weighted by molar-refractivity contribution is 6.04. The lowest BCUT2D eigenvalue weighted by atomic mass is 9.35. The Morgan fingerprint density at radius 2 is 1.70 bits per heavy atom. The number of allylic oxidation sites excluding steroid dienone is 3. The fourth-order valence-electron chi connectivity index (χ4n) is 9.31. The van der Waals surface area contributed by atoms with E-state index in [9.17, 15) is 9.59 Å². The maximum atomic E-state index is 13.2. The summed E-state index contributed by atoms with van der Waals surface area (Å²) in [7, 11) is 1.57. The van der Waals surface area contributed by atoms with Crippen molar-refractivity contribution in [2.24, 2.45) is 33.5 Å². The van der Waals surface area contributed by atoms with Crippen LogP contribution in [0, 0.1) is 33.5 Å². The monoisotopic (exact) mass is 450 g/mol. The molecule has 3 saturated carbocycles. The summed E-state index contributed by atoms with van der Waals surface area (Å²) >= 11 is 0. The number of ether oxygens (including phenoxy) is 2. The van der Waals surface area contributed by atoms with Crippen LogP contribution in [0.1, 0.15) is 80.1 Å². The lowest BCUT2D eigenvalue weighted by molar-refractivity contribution is -0.161. The minimum absolute atomic E-state index is 0.0390. The number of Topliss-reactive ketones (excluding diaryl/α,β-unsaturated/α-hetero) is 1. The van der Waals surface area contributed by atoms with E-state index in [2.05, 4.69) is 46.8 Å². The van der Waals surface area contributed by atoms with E-state index >= 15 is 0 Å². The Kier molecular flexibility index (Phi) is 3.99. The van der Waals surface area contributed by atoms with Gasteiger partial charge in [-0.2, -0.15) is 0 Å². The van der Waals surface area contributed by atoms with E-state index in [0.29, 0.717) is 11.7 Å². The summed E-state index contributed by atoms with van der Waals surface area (Å²) < 4.78 is 11.6. The fourth-order valence-corrected chi connectivity index (χ4v) is 9.31. The van der Waals surface area contributed by atoms with Gasteiger partial charge in [-0.15, -0.1) is 0 Å². The van der Waals surface area contributed by atoms with Crippen LogP contribution in [0.2, 0.25) is 0 Å². The smallest absolute Gasteiger partial charge is 0.268 e. The highest BCUT2D eigenvalue weighted by atomic mass is 16.8. The van der Waals surface area contributed by atoms with Crippen LogP contribution in [-0.4, -0.2) is 30.1 Å². The molecule has 0 radical (unpaired) electrons. The number of methoxy groups -OCH3 is 1. The first-order valence-electron chi connectivity index (χ1n) is 12.8. The van der Waals surface area contributed by atoms with Gasteiger partial charge in [-0.05, 0) is 78.4 Å². The van der Waals surface area contributed by atoms with Crippen LogP contribution < -0.4 is 0 Å². The van der Waals surface area contributed by atoms with Gasteiger partial charge >= 0.3 is 0 Å². The summed E-state index contributed by atoms with van der Waals surface area (Å²) in [6, 6.07) is 0. The summed E-state index contributed by atoms with van der Waals surface area (Å²) in [6.45, 7) is 13.9. The molecule has 3 unspecified atom stereocenters. The molecule has 0 aromatic rings. The van der Waals surface area contributed by atoms with Gasteiger partial charge in [-0.3, -0.25) is 9.59 Å². The number of ketones is 2. The van der Waals surface area contributed by atoms with Crippen molar-refractivity contribution in [3.63, 3.8) is 0 Å². The Hall–Kier alpha value is -1.52. The van der Waals surface area contributed by atoms with Gasteiger partial charge in [0.25, 0.3) is 5.79 Å². The van der Waals surface area contributed by atoms with Crippen LogP contribution in [0.5, 0.6) is 0 Å².